The Morgan fingerprint density at radius 2 is 1.73 bits per heavy atom. The number of tetrazole rings is 1. The topological polar surface area (TPSA) is 184 Å². The highest BCUT2D eigenvalue weighted by Crippen LogP contribution is 2.22. The van der Waals surface area contributed by atoms with Gasteiger partial charge in [0.2, 0.25) is 11.8 Å². The lowest BCUT2D eigenvalue weighted by Gasteiger charge is -2.37. The summed E-state index contributed by atoms with van der Waals surface area (Å²) in [6.07, 6.45) is 1.48. The van der Waals surface area contributed by atoms with E-state index in [9.17, 15) is 24.0 Å². The van der Waals surface area contributed by atoms with Gasteiger partial charge in [0.05, 0.1) is 13.5 Å². The standard InChI is InChI=1S/C33H43N7O8/c1-33(2,3)48-28(41)19-25(32(45)47-5)35-30(43)26-15-8-9-18-39(26)31(44)24(16-17-27-36-37-38-40(27)20-46-4)34-29(42)23-14-10-12-21-11-6-7-13-22(21)23/h6-7,10-14,24-26H,8-9,15-20H2,1-5H3,(H,34,42)(H,35,43)/t24-,25-,26-/m0/s1. The van der Waals surface area contributed by atoms with Crippen LogP contribution in [0.5, 0.6) is 0 Å². The molecule has 2 aromatic carbocycles. The molecular weight excluding hydrogens is 622 g/mol. The van der Waals surface area contributed by atoms with Crippen LogP contribution in [-0.2, 0) is 46.5 Å². The highest BCUT2D eigenvalue weighted by atomic mass is 16.6. The Bertz CT molecular complexity index is 1610. The average Bonchev–Trinajstić information content (AvgIpc) is 3.51. The molecule has 48 heavy (non-hydrogen) atoms. The number of esters is 2. The SMILES string of the molecule is COCn1nnnc1CC[C@H](NC(=O)c1cccc2ccccc12)C(=O)N1CCCC[C@H]1C(=O)N[C@@H](CC(=O)OC(C)(C)C)C(=O)OC. The van der Waals surface area contributed by atoms with Crippen LogP contribution in [0.1, 0.15) is 69.1 Å². The fourth-order valence-corrected chi connectivity index (χ4v) is 5.64. The number of benzene rings is 2. The molecule has 0 spiro atoms. The van der Waals surface area contributed by atoms with Crippen molar-refractivity contribution in [3.8, 4) is 0 Å². The molecule has 0 unspecified atom stereocenters. The maximum Gasteiger partial charge on any atom is 0.328 e. The number of nitrogens with zero attached hydrogens (tertiary/aromatic N) is 5. The minimum Gasteiger partial charge on any atom is -0.467 e. The predicted molar refractivity (Wildman–Crippen MR) is 172 cm³/mol. The Morgan fingerprint density at radius 3 is 2.46 bits per heavy atom. The number of aryl methyl sites for hydroxylation is 1. The van der Waals surface area contributed by atoms with Crippen molar-refractivity contribution in [1.29, 1.82) is 0 Å². The minimum atomic E-state index is -1.32. The Morgan fingerprint density at radius 1 is 0.979 bits per heavy atom. The van der Waals surface area contributed by atoms with Crippen LogP contribution in [-0.4, -0.2) is 99.3 Å². The Labute approximate surface area is 278 Å². The van der Waals surface area contributed by atoms with Crippen molar-refractivity contribution >= 4 is 40.4 Å². The number of carbonyl (C=O) groups is 5. The van der Waals surface area contributed by atoms with Crippen LogP contribution in [0.15, 0.2) is 42.5 Å². The van der Waals surface area contributed by atoms with Gasteiger partial charge in [-0.05, 0) is 73.7 Å². The number of likely N-dealkylation sites (tertiary alicyclic amines) is 1. The summed E-state index contributed by atoms with van der Waals surface area (Å²) in [6, 6.07) is 9.44. The lowest BCUT2D eigenvalue weighted by Crippen LogP contribution is -2.59. The maximum absolute atomic E-state index is 14.3. The van der Waals surface area contributed by atoms with Crippen molar-refractivity contribution < 1.29 is 38.2 Å². The zero-order chi connectivity index (χ0) is 34.8. The molecule has 3 amide bonds. The van der Waals surface area contributed by atoms with Crippen molar-refractivity contribution in [3.05, 3.63) is 53.9 Å². The van der Waals surface area contributed by atoms with Gasteiger partial charge in [-0.25, -0.2) is 9.48 Å². The lowest BCUT2D eigenvalue weighted by molar-refractivity contribution is -0.159. The number of aromatic nitrogens is 4. The van der Waals surface area contributed by atoms with E-state index >= 15 is 0 Å². The molecule has 1 aliphatic heterocycles. The van der Waals surface area contributed by atoms with E-state index in [1.165, 1.54) is 16.7 Å². The highest BCUT2D eigenvalue weighted by Gasteiger charge is 2.38. The van der Waals surface area contributed by atoms with E-state index in [-0.39, 0.29) is 26.1 Å². The number of hydrogen-bond donors (Lipinski definition) is 2. The molecule has 1 aromatic heterocycles. The van der Waals surface area contributed by atoms with Gasteiger partial charge in [-0.3, -0.25) is 19.2 Å². The molecule has 1 aliphatic rings. The van der Waals surface area contributed by atoms with Crippen molar-refractivity contribution in [2.24, 2.45) is 0 Å². The van der Waals surface area contributed by atoms with Gasteiger partial charge in [0.15, 0.2) is 5.82 Å². The number of fused-ring (bicyclic) bond motifs is 1. The van der Waals surface area contributed by atoms with E-state index in [2.05, 4.69) is 26.2 Å². The van der Waals surface area contributed by atoms with E-state index < -0.39 is 59.8 Å². The molecule has 0 bridgehead atoms. The van der Waals surface area contributed by atoms with Gasteiger partial charge in [0.1, 0.15) is 30.5 Å². The summed E-state index contributed by atoms with van der Waals surface area (Å²) in [6.45, 7) is 5.41. The maximum atomic E-state index is 14.3. The molecule has 1 saturated heterocycles. The van der Waals surface area contributed by atoms with Gasteiger partial charge < -0.3 is 29.7 Å². The fourth-order valence-electron chi connectivity index (χ4n) is 5.64. The number of piperidine rings is 1. The van der Waals surface area contributed by atoms with Gasteiger partial charge in [-0.1, -0.05) is 36.4 Å². The molecule has 3 atom stereocenters. The molecule has 15 heteroatoms. The summed E-state index contributed by atoms with van der Waals surface area (Å²) in [7, 11) is 2.65. The fraction of sp³-hybridized carbons (Fsp3) is 0.515. The molecule has 1 fully saturated rings. The van der Waals surface area contributed by atoms with Crippen LogP contribution in [0.2, 0.25) is 0 Å². The Balaban J connectivity index is 1.58. The molecular formula is C33H43N7O8. The van der Waals surface area contributed by atoms with Crippen LogP contribution >= 0.6 is 0 Å². The number of amides is 3. The van der Waals surface area contributed by atoms with Crippen LogP contribution < -0.4 is 10.6 Å². The largest absolute Gasteiger partial charge is 0.467 e. The van der Waals surface area contributed by atoms with E-state index in [4.69, 9.17) is 14.2 Å². The van der Waals surface area contributed by atoms with Crippen molar-refractivity contribution in [2.45, 2.75) is 89.8 Å². The molecule has 3 aromatic rings. The van der Waals surface area contributed by atoms with E-state index in [1.807, 2.05) is 30.3 Å². The number of rotatable bonds is 13. The van der Waals surface area contributed by atoms with Crippen molar-refractivity contribution in [2.75, 3.05) is 20.8 Å². The second kappa shape index (κ2) is 16.3. The number of carbonyl (C=O) groups excluding carboxylic acids is 5. The summed E-state index contributed by atoms with van der Waals surface area (Å²) in [5.41, 5.74) is -0.404. The van der Waals surface area contributed by atoms with Crippen LogP contribution in [0, 0.1) is 0 Å². The predicted octanol–water partition coefficient (Wildman–Crippen LogP) is 1.93. The molecule has 4 rings (SSSR count). The average molecular weight is 666 g/mol. The van der Waals surface area contributed by atoms with Crippen LogP contribution in [0.3, 0.4) is 0 Å². The summed E-state index contributed by atoms with van der Waals surface area (Å²) in [5, 5.41) is 18.7. The Hall–Kier alpha value is -4.92. The number of nitrogens with one attached hydrogen (secondary N) is 2. The number of hydrogen-bond acceptors (Lipinski definition) is 11. The first-order valence-corrected chi connectivity index (χ1v) is 15.8. The smallest absolute Gasteiger partial charge is 0.328 e. The third-order valence-electron chi connectivity index (χ3n) is 7.83. The molecule has 15 nitrogen and oxygen atoms in total. The first-order valence-electron chi connectivity index (χ1n) is 15.8. The quantitative estimate of drug-likeness (QED) is 0.254. The normalized spacial score (nSPS) is 16.1. The van der Waals surface area contributed by atoms with Gasteiger partial charge in [-0.2, -0.15) is 0 Å². The zero-order valence-electron chi connectivity index (χ0n) is 27.9. The van der Waals surface area contributed by atoms with Gasteiger partial charge in [0.25, 0.3) is 5.91 Å². The van der Waals surface area contributed by atoms with E-state index in [0.717, 1.165) is 17.9 Å². The molecule has 0 radical (unpaired) electrons. The molecule has 0 saturated carbocycles. The summed E-state index contributed by atoms with van der Waals surface area (Å²) in [4.78, 5) is 68.3. The minimum absolute atomic E-state index is 0.0995. The van der Waals surface area contributed by atoms with Crippen LogP contribution in [0.4, 0.5) is 0 Å². The second-order valence-corrected chi connectivity index (χ2v) is 12.5. The van der Waals surface area contributed by atoms with Crippen LogP contribution in [0.25, 0.3) is 10.8 Å². The second-order valence-electron chi connectivity index (χ2n) is 12.5. The molecule has 2 N–H and O–H groups in total. The third kappa shape index (κ3) is 9.33. The van der Waals surface area contributed by atoms with Gasteiger partial charge in [-0.15, -0.1) is 5.10 Å². The van der Waals surface area contributed by atoms with Crippen molar-refractivity contribution in [1.82, 2.24) is 35.7 Å². The molecule has 2 heterocycles. The van der Waals surface area contributed by atoms with E-state index in [1.54, 1.807) is 32.9 Å². The summed E-state index contributed by atoms with van der Waals surface area (Å²) >= 11 is 0. The third-order valence-corrected chi connectivity index (χ3v) is 7.83. The zero-order valence-corrected chi connectivity index (χ0v) is 27.9. The summed E-state index contributed by atoms with van der Waals surface area (Å²) < 4.78 is 16.8. The molecule has 0 aliphatic carbocycles. The van der Waals surface area contributed by atoms with E-state index in [0.29, 0.717) is 30.7 Å². The summed E-state index contributed by atoms with van der Waals surface area (Å²) in [5.74, 6) is -2.62. The first kappa shape index (κ1) is 35.9. The van der Waals surface area contributed by atoms with Gasteiger partial charge in [0, 0.05) is 25.6 Å². The number of ether oxygens (including phenoxy) is 3. The van der Waals surface area contributed by atoms with Gasteiger partial charge >= 0.3 is 11.9 Å². The monoisotopic (exact) mass is 665 g/mol. The van der Waals surface area contributed by atoms with Crippen molar-refractivity contribution in [3.63, 3.8) is 0 Å². The highest BCUT2D eigenvalue weighted by molar-refractivity contribution is 6.08. The Kier molecular flexibility index (Phi) is 12.2. The lowest BCUT2D eigenvalue weighted by atomic mass is 9.98. The first-order chi connectivity index (χ1) is 22.9. The number of methoxy groups -OCH3 is 2. The molecule has 258 valence electrons.